The minimum Gasteiger partial charge on any atom is -0.368 e. The highest BCUT2D eigenvalue weighted by Crippen LogP contribution is 2.11. The maximum Gasteiger partial charge on any atom is 0.271 e. The van der Waals surface area contributed by atoms with Crippen LogP contribution in [0.25, 0.3) is 0 Å². The first-order valence-corrected chi connectivity index (χ1v) is 5.52. The highest BCUT2D eigenvalue weighted by molar-refractivity contribution is 6.32. The molecule has 88 valence electrons. The van der Waals surface area contributed by atoms with Gasteiger partial charge in [0, 0.05) is 24.9 Å². The first-order valence-electron chi connectivity index (χ1n) is 5.14. The molecule has 2 aromatic heterocycles. The van der Waals surface area contributed by atoms with E-state index >= 15 is 0 Å². The Morgan fingerprint density at radius 1 is 1.35 bits per heavy atom. The average Bonchev–Trinajstić information content (AvgIpc) is 2.36. The van der Waals surface area contributed by atoms with Crippen LogP contribution in [0.15, 0.2) is 35.5 Å². The summed E-state index contributed by atoms with van der Waals surface area (Å²) in [5.41, 5.74) is 0.628. The molecule has 0 unspecified atom stereocenters. The van der Waals surface area contributed by atoms with Crippen molar-refractivity contribution in [1.82, 2.24) is 15.0 Å². The van der Waals surface area contributed by atoms with Gasteiger partial charge >= 0.3 is 0 Å². The van der Waals surface area contributed by atoms with Crippen molar-refractivity contribution in [3.63, 3.8) is 0 Å². The van der Waals surface area contributed by atoms with Gasteiger partial charge in [0.1, 0.15) is 5.02 Å². The molecule has 0 aliphatic rings. The van der Waals surface area contributed by atoms with Crippen LogP contribution in [0.5, 0.6) is 0 Å². The third-order valence-electron chi connectivity index (χ3n) is 2.20. The number of rotatable bonds is 4. The van der Waals surface area contributed by atoms with Gasteiger partial charge in [-0.25, -0.2) is 4.98 Å². The highest BCUT2D eigenvalue weighted by Gasteiger charge is 2.04. The third kappa shape index (κ3) is 3.04. The Labute approximate surface area is 103 Å². The normalized spacial score (nSPS) is 10.2. The highest BCUT2D eigenvalue weighted by atomic mass is 35.5. The second kappa shape index (κ2) is 5.45. The number of H-pyrrole nitrogens is 1. The number of nitrogens with zero attached hydrogens (tertiary/aromatic N) is 2. The molecule has 2 N–H and O–H groups in total. The number of halogens is 1. The van der Waals surface area contributed by atoms with E-state index in [1.165, 1.54) is 6.33 Å². The Hall–Kier alpha value is -1.88. The zero-order valence-electron chi connectivity index (χ0n) is 8.98. The summed E-state index contributed by atoms with van der Waals surface area (Å²) in [4.78, 5) is 21.7. The van der Waals surface area contributed by atoms with Crippen LogP contribution in [-0.4, -0.2) is 21.5 Å². The second-order valence-corrected chi connectivity index (χ2v) is 3.77. The van der Waals surface area contributed by atoms with Crippen LogP contribution >= 0.6 is 11.6 Å². The summed E-state index contributed by atoms with van der Waals surface area (Å²) in [6.07, 6.45) is 3.80. The number of hydrogen-bond donors (Lipinski definition) is 2. The molecule has 0 aliphatic carbocycles. The molecule has 17 heavy (non-hydrogen) atoms. The zero-order chi connectivity index (χ0) is 12.1. The van der Waals surface area contributed by atoms with Gasteiger partial charge in [0.05, 0.1) is 6.33 Å². The van der Waals surface area contributed by atoms with E-state index in [4.69, 9.17) is 11.6 Å². The summed E-state index contributed by atoms with van der Waals surface area (Å²) >= 11 is 5.79. The van der Waals surface area contributed by atoms with E-state index < -0.39 is 0 Å². The number of anilines is 1. The number of aromatic amines is 1. The molecule has 0 saturated heterocycles. The maximum absolute atomic E-state index is 11.2. The molecule has 0 fully saturated rings. The van der Waals surface area contributed by atoms with Gasteiger partial charge in [0.15, 0.2) is 5.82 Å². The fourth-order valence-electron chi connectivity index (χ4n) is 1.36. The van der Waals surface area contributed by atoms with E-state index in [9.17, 15) is 4.79 Å². The van der Waals surface area contributed by atoms with Crippen LogP contribution < -0.4 is 10.9 Å². The molecule has 0 spiro atoms. The fraction of sp³-hybridized carbons (Fsp3) is 0.182. The van der Waals surface area contributed by atoms with Crippen molar-refractivity contribution in [2.24, 2.45) is 0 Å². The molecule has 0 bridgehead atoms. The maximum atomic E-state index is 11.2. The van der Waals surface area contributed by atoms with Crippen LogP contribution in [0.2, 0.25) is 5.02 Å². The van der Waals surface area contributed by atoms with Crippen LogP contribution in [0.3, 0.4) is 0 Å². The molecule has 6 heteroatoms. The van der Waals surface area contributed by atoms with Crippen LogP contribution in [-0.2, 0) is 6.42 Å². The third-order valence-corrected chi connectivity index (χ3v) is 2.55. The molecule has 2 aromatic rings. The van der Waals surface area contributed by atoms with Crippen LogP contribution in [0.4, 0.5) is 5.82 Å². The Morgan fingerprint density at radius 3 is 3.00 bits per heavy atom. The Bertz CT molecular complexity index is 541. The summed E-state index contributed by atoms with van der Waals surface area (Å²) in [5.74, 6) is 0.395. The number of pyridine rings is 1. The van der Waals surface area contributed by atoms with Gasteiger partial charge in [-0.15, -0.1) is 0 Å². The molecule has 2 heterocycles. The Kier molecular flexibility index (Phi) is 3.72. The first kappa shape index (κ1) is 11.6. The lowest BCUT2D eigenvalue weighted by Crippen LogP contribution is -2.13. The van der Waals surface area contributed by atoms with E-state index in [1.807, 2.05) is 18.2 Å². The van der Waals surface area contributed by atoms with Crippen LogP contribution in [0.1, 0.15) is 5.69 Å². The number of hydrogen-bond acceptors (Lipinski definition) is 4. The summed E-state index contributed by atoms with van der Waals surface area (Å²) in [6.45, 7) is 0.618. The summed E-state index contributed by atoms with van der Waals surface area (Å²) in [6, 6.07) is 5.74. The molecule has 0 radical (unpaired) electrons. The second-order valence-electron chi connectivity index (χ2n) is 3.39. The fourth-order valence-corrected chi connectivity index (χ4v) is 1.53. The van der Waals surface area contributed by atoms with E-state index in [1.54, 1.807) is 6.20 Å². The molecular formula is C11H11ClN4O. The van der Waals surface area contributed by atoms with Gasteiger partial charge in [-0.1, -0.05) is 17.7 Å². The quantitative estimate of drug-likeness (QED) is 0.862. The minimum atomic E-state index is -0.345. The summed E-state index contributed by atoms with van der Waals surface area (Å²) in [5, 5.41) is 3.08. The Morgan fingerprint density at radius 2 is 2.24 bits per heavy atom. The first-order chi connectivity index (χ1) is 8.27. The van der Waals surface area contributed by atoms with Crippen molar-refractivity contribution in [3.05, 3.63) is 51.8 Å². The number of nitrogens with one attached hydrogen (secondary N) is 2. The van der Waals surface area contributed by atoms with Crippen molar-refractivity contribution in [2.75, 3.05) is 11.9 Å². The molecule has 0 aromatic carbocycles. The smallest absolute Gasteiger partial charge is 0.271 e. The van der Waals surface area contributed by atoms with Crippen LogP contribution in [0, 0.1) is 0 Å². The lowest BCUT2D eigenvalue weighted by molar-refractivity contribution is 0.948. The van der Waals surface area contributed by atoms with Crippen molar-refractivity contribution in [3.8, 4) is 0 Å². The lowest BCUT2D eigenvalue weighted by Gasteiger charge is -2.05. The summed E-state index contributed by atoms with van der Waals surface area (Å²) in [7, 11) is 0. The van der Waals surface area contributed by atoms with E-state index in [0.717, 1.165) is 12.1 Å². The zero-order valence-corrected chi connectivity index (χ0v) is 9.74. The molecule has 0 atom stereocenters. The average molecular weight is 251 g/mol. The minimum absolute atomic E-state index is 0.0773. The largest absolute Gasteiger partial charge is 0.368 e. The molecular weight excluding hydrogens is 240 g/mol. The SMILES string of the molecule is O=c1[nH]cnc(NCCc2ccccn2)c1Cl. The molecule has 2 rings (SSSR count). The van der Waals surface area contributed by atoms with Crippen molar-refractivity contribution in [2.45, 2.75) is 6.42 Å². The predicted octanol–water partition coefficient (Wildman–Crippen LogP) is 1.47. The van der Waals surface area contributed by atoms with Gasteiger partial charge in [0.25, 0.3) is 5.56 Å². The summed E-state index contributed by atoms with van der Waals surface area (Å²) < 4.78 is 0. The van der Waals surface area contributed by atoms with Gasteiger partial charge in [0.2, 0.25) is 0 Å². The molecule has 5 nitrogen and oxygen atoms in total. The standard InChI is InChI=1S/C11H11ClN4O/c12-9-10(15-7-16-11(9)17)14-6-4-8-3-1-2-5-13-8/h1-3,5,7H,4,6H2,(H2,14,15,16,17). The molecule has 0 aliphatic heterocycles. The predicted molar refractivity (Wildman–Crippen MR) is 66.3 cm³/mol. The van der Waals surface area contributed by atoms with Gasteiger partial charge in [-0.2, -0.15) is 0 Å². The monoisotopic (exact) mass is 250 g/mol. The van der Waals surface area contributed by atoms with E-state index in [-0.39, 0.29) is 10.6 Å². The van der Waals surface area contributed by atoms with Crippen molar-refractivity contribution >= 4 is 17.4 Å². The van der Waals surface area contributed by atoms with Gasteiger partial charge < -0.3 is 10.3 Å². The number of aromatic nitrogens is 3. The topological polar surface area (TPSA) is 70.7 Å². The van der Waals surface area contributed by atoms with Crippen molar-refractivity contribution < 1.29 is 0 Å². The van der Waals surface area contributed by atoms with Gasteiger partial charge in [-0.3, -0.25) is 9.78 Å². The Balaban J connectivity index is 1.95. The van der Waals surface area contributed by atoms with Gasteiger partial charge in [-0.05, 0) is 12.1 Å². The van der Waals surface area contributed by atoms with E-state index in [2.05, 4.69) is 20.3 Å². The van der Waals surface area contributed by atoms with Crippen molar-refractivity contribution in [1.29, 1.82) is 0 Å². The van der Waals surface area contributed by atoms with E-state index in [0.29, 0.717) is 12.4 Å². The lowest BCUT2D eigenvalue weighted by atomic mass is 10.3. The molecule has 0 saturated carbocycles. The molecule has 0 amide bonds.